The van der Waals surface area contributed by atoms with Crippen molar-refractivity contribution < 1.29 is 8.09 Å². The highest BCUT2D eigenvalue weighted by atomic mass is 32.3. The van der Waals surface area contributed by atoms with Gasteiger partial charge in [0.2, 0.25) is 10.1 Å². The van der Waals surface area contributed by atoms with Crippen LogP contribution in [0.15, 0.2) is 82.1 Å². The van der Waals surface area contributed by atoms with Crippen LogP contribution in [-0.2, 0) is 16.7 Å². The first kappa shape index (κ1) is 13.8. The Hall–Kier alpha value is -2.20. The predicted molar refractivity (Wildman–Crippen MR) is 84.0 cm³/mol. The minimum atomic E-state index is -3.87. The Morgan fingerprint density at radius 3 is 2.29 bits per heavy atom. The molecule has 0 aliphatic heterocycles. The Morgan fingerprint density at radius 1 is 0.857 bits per heavy atom. The Morgan fingerprint density at radius 2 is 1.52 bits per heavy atom. The molecule has 0 saturated heterocycles. The molecule has 0 aliphatic carbocycles. The minimum Gasteiger partial charge on any atom is -0.211 e. The molecule has 1 unspecified atom stereocenters. The second-order valence-electron chi connectivity index (χ2n) is 4.74. The van der Waals surface area contributed by atoms with E-state index in [1.165, 1.54) is 0 Å². The molecule has 3 aromatic rings. The van der Waals surface area contributed by atoms with Gasteiger partial charge in [-0.3, -0.25) is 0 Å². The molecule has 0 saturated carbocycles. The van der Waals surface area contributed by atoms with Crippen LogP contribution in [0.3, 0.4) is 0 Å². The van der Waals surface area contributed by atoms with Crippen molar-refractivity contribution in [2.75, 3.05) is 0 Å². The monoisotopic (exact) mass is 299 g/mol. The fourth-order valence-electron chi connectivity index (χ4n) is 2.14. The van der Waals surface area contributed by atoms with Crippen LogP contribution < -0.4 is 0 Å². The maximum Gasteiger partial charge on any atom is 0.231 e. The van der Waals surface area contributed by atoms with Gasteiger partial charge in [-0.05, 0) is 28.5 Å². The van der Waals surface area contributed by atoms with E-state index < -0.39 is 10.1 Å². The Bertz CT molecular complexity index is 883. The van der Waals surface area contributed by atoms with Crippen LogP contribution in [0.1, 0.15) is 5.56 Å². The van der Waals surface area contributed by atoms with Crippen molar-refractivity contribution in [3.05, 3.63) is 78.4 Å². The zero-order chi connectivity index (χ0) is 14.7. The summed E-state index contributed by atoms with van der Waals surface area (Å²) >= 11 is 0. The van der Waals surface area contributed by atoms with E-state index in [1.807, 2.05) is 54.6 Å². The third-order valence-electron chi connectivity index (χ3n) is 3.27. The van der Waals surface area contributed by atoms with Crippen molar-refractivity contribution in [2.45, 2.75) is 11.4 Å². The zero-order valence-electron chi connectivity index (χ0n) is 11.3. The first-order chi connectivity index (χ1) is 10.1. The normalized spacial score (nSPS) is 13.8. The minimum absolute atomic E-state index is 0.100. The summed E-state index contributed by atoms with van der Waals surface area (Å²) in [6.07, 6.45) is 0. The van der Waals surface area contributed by atoms with Gasteiger partial charge in [-0.15, -0.1) is 3.89 Å². The number of rotatable bonds is 3. The zero-order valence-corrected chi connectivity index (χ0v) is 12.1. The van der Waals surface area contributed by atoms with Gasteiger partial charge in [-0.1, -0.05) is 60.7 Å². The predicted octanol–water partition coefficient (Wildman–Crippen LogP) is 4.75. The molecule has 106 valence electrons. The molecule has 0 bridgehead atoms. The summed E-state index contributed by atoms with van der Waals surface area (Å²) < 4.78 is 30.3. The summed E-state index contributed by atoms with van der Waals surface area (Å²) in [4.78, 5) is 0.122. The maximum atomic E-state index is 14.4. The number of hydrogen-bond donors (Lipinski definition) is 0. The summed E-state index contributed by atoms with van der Waals surface area (Å²) in [6, 6.07) is 21.7. The van der Waals surface area contributed by atoms with Crippen LogP contribution in [0.5, 0.6) is 0 Å². The van der Waals surface area contributed by atoms with Crippen LogP contribution >= 0.6 is 0 Å². The van der Waals surface area contributed by atoms with Crippen molar-refractivity contribution in [1.29, 1.82) is 0 Å². The molecule has 0 heterocycles. The average molecular weight is 299 g/mol. The molecule has 0 N–H and O–H groups in total. The molecular weight excluding hydrogens is 285 g/mol. The van der Waals surface area contributed by atoms with Crippen molar-refractivity contribution in [1.82, 2.24) is 0 Å². The van der Waals surface area contributed by atoms with Crippen LogP contribution in [0.25, 0.3) is 10.8 Å². The van der Waals surface area contributed by atoms with E-state index in [4.69, 9.17) is 0 Å². The lowest BCUT2D eigenvalue weighted by molar-refractivity contribution is 0.635. The summed E-state index contributed by atoms with van der Waals surface area (Å²) in [7, 11) is -3.87. The number of fused-ring (bicyclic) bond motifs is 1. The highest BCUT2D eigenvalue weighted by Crippen LogP contribution is 2.22. The van der Waals surface area contributed by atoms with Gasteiger partial charge >= 0.3 is 0 Å². The van der Waals surface area contributed by atoms with Crippen LogP contribution in [-0.4, -0.2) is 4.21 Å². The molecule has 0 aromatic heterocycles. The van der Waals surface area contributed by atoms with Gasteiger partial charge in [0.15, 0.2) is 0 Å². The maximum absolute atomic E-state index is 14.4. The quantitative estimate of drug-likeness (QED) is 0.642. The van der Waals surface area contributed by atoms with E-state index in [0.717, 1.165) is 16.3 Å². The second-order valence-corrected chi connectivity index (χ2v) is 6.39. The van der Waals surface area contributed by atoms with E-state index in [0.29, 0.717) is 0 Å². The molecule has 3 rings (SSSR count). The SMILES string of the molecule is O=S(F)(=NCc1ccccc1)c1ccc2ccccc2c1. The largest absolute Gasteiger partial charge is 0.231 e. The van der Waals surface area contributed by atoms with Gasteiger partial charge in [-0.2, -0.15) is 0 Å². The Labute approximate surface area is 123 Å². The molecule has 0 aliphatic rings. The Kier molecular flexibility index (Phi) is 3.71. The summed E-state index contributed by atoms with van der Waals surface area (Å²) in [5.41, 5.74) is 0.837. The molecule has 0 amide bonds. The molecule has 0 spiro atoms. The third-order valence-corrected chi connectivity index (χ3v) is 4.56. The van der Waals surface area contributed by atoms with Gasteiger partial charge < -0.3 is 0 Å². The lowest BCUT2D eigenvalue weighted by atomic mass is 10.1. The lowest BCUT2D eigenvalue weighted by Gasteiger charge is -2.03. The first-order valence-electron chi connectivity index (χ1n) is 6.60. The standard InChI is InChI=1S/C17H14FNOS/c18-21(20,19-13-14-6-2-1-3-7-14)17-11-10-15-8-4-5-9-16(15)12-17/h1-12H,13H2. The lowest BCUT2D eigenvalue weighted by Crippen LogP contribution is -1.94. The third kappa shape index (κ3) is 3.11. The fourth-order valence-corrected chi connectivity index (χ4v) is 3.11. The topological polar surface area (TPSA) is 29.4 Å². The molecule has 0 radical (unpaired) electrons. The van der Waals surface area contributed by atoms with Crippen molar-refractivity contribution in [3.8, 4) is 0 Å². The van der Waals surface area contributed by atoms with Crippen LogP contribution in [0.4, 0.5) is 3.89 Å². The fraction of sp³-hybridized carbons (Fsp3) is 0.0588. The molecule has 2 nitrogen and oxygen atoms in total. The van der Waals surface area contributed by atoms with Crippen molar-refractivity contribution in [2.24, 2.45) is 4.36 Å². The summed E-state index contributed by atoms with van der Waals surface area (Å²) in [5, 5.41) is 1.84. The highest BCUT2D eigenvalue weighted by Gasteiger charge is 2.11. The van der Waals surface area contributed by atoms with E-state index >= 15 is 0 Å². The van der Waals surface area contributed by atoms with Crippen molar-refractivity contribution >= 4 is 20.9 Å². The molecular formula is C17H14FNOS. The van der Waals surface area contributed by atoms with E-state index in [9.17, 15) is 8.09 Å². The first-order valence-corrected chi connectivity index (χ1v) is 8.02. The molecule has 21 heavy (non-hydrogen) atoms. The van der Waals surface area contributed by atoms with Gasteiger partial charge in [0.05, 0.1) is 11.4 Å². The highest BCUT2D eigenvalue weighted by molar-refractivity contribution is 7.88. The summed E-state index contributed by atoms with van der Waals surface area (Å²) in [5.74, 6) is 0. The molecule has 3 aromatic carbocycles. The molecule has 0 fully saturated rings. The van der Waals surface area contributed by atoms with Crippen molar-refractivity contribution in [3.63, 3.8) is 0 Å². The van der Waals surface area contributed by atoms with E-state index in [-0.39, 0.29) is 11.4 Å². The second kappa shape index (κ2) is 5.66. The number of halogens is 1. The number of hydrogen-bond acceptors (Lipinski definition) is 2. The van der Waals surface area contributed by atoms with Gasteiger partial charge in [0, 0.05) is 0 Å². The van der Waals surface area contributed by atoms with Crippen LogP contribution in [0.2, 0.25) is 0 Å². The van der Waals surface area contributed by atoms with Gasteiger partial charge in [0.25, 0.3) is 0 Å². The van der Waals surface area contributed by atoms with Crippen LogP contribution in [0, 0.1) is 0 Å². The smallest absolute Gasteiger partial charge is 0.211 e. The Balaban J connectivity index is 1.97. The summed E-state index contributed by atoms with van der Waals surface area (Å²) in [6.45, 7) is 0.100. The number of benzene rings is 3. The van der Waals surface area contributed by atoms with Gasteiger partial charge in [0.1, 0.15) is 0 Å². The number of nitrogens with zero attached hydrogens (tertiary/aromatic N) is 1. The molecule has 4 heteroatoms. The average Bonchev–Trinajstić information content (AvgIpc) is 2.53. The molecule has 1 atom stereocenters. The van der Waals surface area contributed by atoms with E-state index in [1.54, 1.807) is 18.2 Å². The van der Waals surface area contributed by atoms with E-state index in [2.05, 4.69) is 4.36 Å². The van der Waals surface area contributed by atoms with Gasteiger partial charge in [-0.25, -0.2) is 8.57 Å².